The Morgan fingerprint density at radius 2 is 1.63 bits per heavy atom. The fourth-order valence-corrected chi connectivity index (χ4v) is 3.22. The molecule has 150 valence electrons. The molecule has 0 aliphatic carbocycles. The van der Waals surface area contributed by atoms with Crippen LogP contribution in [-0.4, -0.2) is 15.9 Å². The first-order chi connectivity index (χ1) is 14.5. The van der Waals surface area contributed by atoms with E-state index in [1.54, 1.807) is 6.07 Å². The second kappa shape index (κ2) is 8.08. The Hall–Kier alpha value is -4.13. The van der Waals surface area contributed by atoms with Crippen molar-refractivity contribution in [3.05, 3.63) is 83.7 Å². The molecule has 0 unspecified atom stereocenters. The van der Waals surface area contributed by atoms with Gasteiger partial charge in [0.05, 0.1) is 0 Å². The minimum atomic E-state index is -0.283. The number of nitrogens with two attached hydrogens (primary N) is 1. The van der Waals surface area contributed by atoms with Crippen LogP contribution in [0.1, 0.15) is 21.5 Å². The molecule has 1 aromatic heterocycles. The molecule has 7 heteroatoms. The van der Waals surface area contributed by atoms with E-state index >= 15 is 0 Å². The first kappa shape index (κ1) is 19.2. The lowest BCUT2D eigenvalue weighted by atomic mass is 10.0. The molecule has 0 bridgehead atoms. The van der Waals surface area contributed by atoms with Crippen molar-refractivity contribution in [1.82, 2.24) is 15.4 Å². The molecule has 30 heavy (non-hydrogen) atoms. The monoisotopic (exact) mass is 398 g/mol. The maximum atomic E-state index is 12.7. The second-order valence-electron chi connectivity index (χ2n) is 6.96. The quantitative estimate of drug-likeness (QED) is 0.373. The molecule has 0 aliphatic rings. The van der Waals surface area contributed by atoms with Gasteiger partial charge in [0, 0.05) is 11.3 Å². The summed E-state index contributed by atoms with van der Waals surface area (Å²) in [7, 11) is 0. The molecule has 1 amide bonds. The Kier molecular flexibility index (Phi) is 5.17. The summed E-state index contributed by atoms with van der Waals surface area (Å²) in [4.78, 5) is 21.1. The van der Waals surface area contributed by atoms with Gasteiger partial charge in [-0.05, 0) is 47.9 Å². The maximum absolute atomic E-state index is 12.7. The number of aromatic nitrogens is 2. The van der Waals surface area contributed by atoms with E-state index in [0.717, 1.165) is 27.6 Å². The topological polar surface area (TPSA) is 105 Å². The van der Waals surface area contributed by atoms with Crippen molar-refractivity contribution in [3.63, 3.8) is 0 Å². The molecule has 0 aliphatic heterocycles. The van der Waals surface area contributed by atoms with Crippen LogP contribution in [0.5, 0.6) is 0 Å². The molecule has 0 fully saturated rings. The number of fused-ring (bicyclic) bond motifs is 1. The van der Waals surface area contributed by atoms with Crippen molar-refractivity contribution in [2.75, 3.05) is 16.5 Å². The van der Waals surface area contributed by atoms with Crippen LogP contribution in [0.3, 0.4) is 0 Å². The number of benzene rings is 3. The van der Waals surface area contributed by atoms with Crippen LogP contribution in [-0.2, 0) is 0 Å². The molecule has 3 aromatic carbocycles. The predicted molar refractivity (Wildman–Crippen MR) is 121 cm³/mol. The normalized spacial score (nSPS) is 10.6. The fourth-order valence-electron chi connectivity index (χ4n) is 3.22. The number of nitrogens with one attached hydrogen (secondary N) is 3. The first-order valence-electron chi connectivity index (χ1n) is 9.52. The average molecular weight is 398 g/mol. The molecule has 0 saturated carbocycles. The summed E-state index contributed by atoms with van der Waals surface area (Å²) >= 11 is 0. The number of nitrogens with zero attached hydrogens (tertiary/aromatic N) is 2. The summed E-state index contributed by atoms with van der Waals surface area (Å²) in [6.45, 7) is 4.07. The number of rotatable bonds is 5. The summed E-state index contributed by atoms with van der Waals surface area (Å²) in [6, 6.07) is 19.3. The van der Waals surface area contributed by atoms with E-state index in [0.29, 0.717) is 22.9 Å². The van der Waals surface area contributed by atoms with Gasteiger partial charge in [-0.15, -0.1) is 0 Å². The van der Waals surface area contributed by atoms with Gasteiger partial charge in [0.2, 0.25) is 0 Å². The van der Waals surface area contributed by atoms with E-state index < -0.39 is 0 Å². The van der Waals surface area contributed by atoms with Crippen LogP contribution in [0.2, 0.25) is 0 Å². The predicted octanol–water partition coefficient (Wildman–Crippen LogP) is 4.33. The SMILES string of the molecule is Cc1cccc(Nc2ncnc(NNC(=O)c3cccc4ccccc34)c2N)c1C. The van der Waals surface area contributed by atoms with Crippen LogP contribution in [0.15, 0.2) is 67.0 Å². The number of hydrogen-bond donors (Lipinski definition) is 4. The summed E-state index contributed by atoms with van der Waals surface area (Å²) in [6.07, 6.45) is 1.39. The molecular weight excluding hydrogens is 376 g/mol. The second-order valence-corrected chi connectivity index (χ2v) is 6.96. The van der Waals surface area contributed by atoms with Gasteiger partial charge in [0.1, 0.15) is 12.0 Å². The highest BCUT2D eigenvalue weighted by molar-refractivity contribution is 6.07. The fraction of sp³-hybridized carbons (Fsp3) is 0.0870. The van der Waals surface area contributed by atoms with Crippen molar-refractivity contribution in [2.45, 2.75) is 13.8 Å². The van der Waals surface area contributed by atoms with Crippen LogP contribution in [0.25, 0.3) is 10.8 Å². The van der Waals surface area contributed by atoms with Crippen molar-refractivity contribution in [2.24, 2.45) is 0 Å². The van der Waals surface area contributed by atoms with Gasteiger partial charge in [-0.2, -0.15) is 0 Å². The summed E-state index contributed by atoms with van der Waals surface area (Å²) < 4.78 is 0. The van der Waals surface area contributed by atoms with E-state index in [1.807, 2.05) is 68.4 Å². The van der Waals surface area contributed by atoms with Crippen molar-refractivity contribution in [3.8, 4) is 0 Å². The van der Waals surface area contributed by atoms with E-state index in [2.05, 4.69) is 26.1 Å². The number of amides is 1. The smallest absolute Gasteiger partial charge is 0.270 e. The molecule has 5 N–H and O–H groups in total. The third-order valence-electron chi connectivity index (χ3n) is 5.07. The van der Waals surface area contributed by atoms with Crippen molar-refractivity contribution in [1.29, 1.82) is 0 Å². The van der Waals surface area contributed by atoms with Gasteiger partial charge in [-0.3, -0.25) is 15.6 Å². The summed E-state index contributed by atoms with van der Waals surface area (Å²) in [5.41, 5.74) is 15.8. The Morgan fingerprint density at radius 1 is 0.900 bits per heavy atom. The zero-order valence-electron chi connectivity index (χ0n) is 16.7. The van der Waals surface area contributed by atoms with Crippen LogP contribution < -0.4 is 21.9 Å². The highest BCUT2D eigenvalue weighted by Gasteiger charge is 2.13. The third-order valence-corrected chi connectivity index (χ3v) is 5.07. The lowest BCUT2D eigenvalue weighted by Gasteiger charge is -2.15. The number of hydrazine groups is 1. The van der Waals surface area contributed by atoms with Gasteiger partial charge in [0.25, 0.3) is 5.91 Å². The number of aryl methyl sites for hydroxylation is 1. The molecular formula is C23H22N6O. The van der Waals surface area contributed by atoms with Gasteiger partial charge < -0.3 is 11.1 Å². The van der Waals surface area contributed by atoms with E-state index in [-0.39, 0.29) is 5.91 Å². The van der Waals surface area contributed by atoms with E-state index in [9.17, 15) is 4.79 Å². The molecule has 0 atom stereocenters. The van der Waals surface area contributed by atoms with Gasteiger partial charge in [-0.25, -0.2) is 9.97 Å². The van der Waals surface area contributed by atoms with Crippen molar-refractivity contribution < 1.29 is 4.79 Å². The maximum Gasteiger partial charge on any atom is 0.270 e. The number of carbonyl (C=O) groups excluding carboxylic acids is 1. The van der Waals surface area contributed by atoms with E-state index in [4.69, 9.17) is 5.73 Å². The number of anilines is 4. The highest BCUT2D eigenvalue weighted by Crippen LogP contribution is 2.28. The summed E-state index contributed by atoms with van der Waals surface area (Å²) in [5, 5.41) is 5.10. The average Bonchev–Trinajstić information content (AvgIpc) is 2.76. The van der Waals surface area contributed by atoms with Gasteiger partial charge in [-0.1, -0.05) is 48.5 Å². The van der Waals surface area contributed by atoms with Crippen LogP contribution in [0.4, 0.5) is 23.0 Å². The molecule has 7 nitrogen and oxygen atoms in total. The number of carbonyl (C=O) groups is 1. The molecule has 4 aromatic rings. The van der Waals surface area contributed by atoms with Crippen LogP contribution in [0, 0.1) is 13.8 Å². The molecule has 1 heterocycles. The number of hydrogen-bond acceptors (Lipinski definition) is 6. The largest absolute Gasteiger partial charge is 0.393 e. The Morgan fingerprint density at radius 3 is 2.50 bits per heavy atom. The molecule has 0 saturated heterocycles. The van der Waals surface area contributed by atoms with Gasteiger partial charge in [0.15, 0.2) is 11.6 Å². The standard InChI is InChI=1S/C23H22N6O/c1-14-7-5-12-19(15(14)2)27-21-20(24)22(26-13-25-21)28-29-23(30)18-11-6-9-16-8-3-4-10-17(16)18/h3-13H,24H2,1-2H3,(H,29,30)(H2,25,26,27,28). The Bertz CT molecular complexity index is 1230. The lowest BCUT2D eigenvalue weighted by Crippen LogP contribution is -2.30. The number of nitrogen functional groups attached to an aromatic ring is 1. The minimum Gasteiger partial charge on any atom is -0.393 e. The van der Waals surface area contributed by atoms with Crippen LogP contribution >= 0.6 is 0 Å². The van der Waals surface area contributed by atoms with Crippen molar-refractivity contribution >= 4 is 39.7 Å². The van der Waals surface area contributed by atoms with Gasteiger partial charge >= 0.3 is 0 Å². The zero-order chi connectivity index (χ0) is 21.1. The minimum absolute atomic E-state index is 0.283. The molecule has 0 spiro atoms. The Labute approximate surface area is 174 Å². The third kappa shape index (κ3) is 3.73. The highest BCUT2D eigenvalue weighted by atomic mass is 16.2. The first-order valence-corrected chi connectivity index (χ1v) is 9.52. The molecule has 4 rings (SSSR count). The van der Waals surface area contributed by atoms with E-state index in [1.165, 1.54) is 6.33 Å². The Balaban J connectivity index is 1.53. The summed E-state index contributed by atoms with van der Waals surface area (Å²) in [5.74, 6) is 0.487. The molecule has 0 radical (unpaired) electrons. The zero-order valence-corrected chi connectivity index (χ0v) is 16.7. The lowest BCUT2D eigenvalue weighted by molar-refractivity contribution is 0.0964.